The SMILES string of the molecule is c1ccc(-c2cccc3c2-c2c(cc4oc5ccccc5c4c2-c2ccccc2)CCC3c2ccc(N(c3ccccc3)c3cccc4ccccc34)cc2)cc1. The fourth-order valence-electron chi connectivity index (χ4n) is 9.38. The molecule has 0 aliphatic heterocycles. The first kappa shape index (κ1) is 33.2. The number of fused-ring (bicyclic) bond motifs is 7. The van der Waals surface area contributed by atoms with Crippen molar-refractivity contribution in [2.75, 3.05) is 4.90 Å². The van der Waals surface area contributed by atoms with Gasteiger partial charge in [0, 0.05) is 39.0 Å². The predicted molar refractivity (Wildman–Crippen MR) is 239 cm³/mol. The molecule has 0 spiro atoms. The van der Waals surface area contributed by atoms with E-state index in [9.17, 15) is 0 Å². The van der Waals surface area contributed by atoms with E-state index in [2.05, 4.69) is 211 Å². The lowest BCUT2D eigenvalue weighted by molar-refractivity contribution is 0.667. The molecule has 270 valence electrons. The molecular weight excluding hydrogens is 691 g/mol. The molecule has 1 unspecified atom stereocenters. The van der Waals surface area contributed by atoms with Crippen LogP contribution in [0.15, 0.2) is 211 Å². The molecule has 2 heteroatoms. The molecule has 1 aromatic heterocycles. The van der Waals surface area contributed by atoms with Crippen LogP contribution in [0.4, 0.5) is 17.1 Å². The Morgan fingerprint density at radius 2 is 1.09 bits per heavy atom. The van der Waals surface area contributed by atoms with E-state index in [1.54, 1.807) is 0 Å². The Morgan fingerprint density at radius 3 is 1.88 bits per heavy atom. The van der Waals surface area contributed by atoms with Crippen LogP contribution in [0.25, 0.3) is 66.1 Å². The fraction of sp³-hybridized carbons (Fsp3) is 0.0545. The van der Waals surface area contributed by atoms with Crippen LogP contribution in [0.3, 0.4) is 0 Å². The van der Waals surface area contributed by atoms with E-state index in [4.69, 9.17) is 4.42 Å². The van der Waals surface area contributed by atoms with Crippen LogP contribution in [-0.2, 0) is 6.42 Å². The molecule has 57 heavy (non-hydrogen) atoms. The summed E-state index contributed by atoms with van der Waals surface area (Å²) in [5.41, 5.74) is 16.9. The highest BCUT2D eigenvalue weighted by atomic mass is 16.3. The zero-order chi connectivity index (χ0) is 37.7. The summed E-state index contributed by atoms with van der Waals surface area (Å²) in [5.74, 6) is 0.180. The number of aryl methyl sites for hydroxylation is 1. The normalized spacial score (nSPS) is 13.6. The number of para-hydroxylation sites is 2. The van der Waals surface area contributed by atoms with E-state index >= 15 is 0 Å². The fourth-order valence-corrected chi connectivity index (χ4v) is 9.38. The first-order valence-corrected chi connectivity index (χ1v) is 19.9. The molecule has 10 aromatic rings. The van der Waals surface area contributed by atoms with Crippen molar-refractivity contribution in [2.24, 2.45) is 0 Å². The minimum Gasteiger partial charge on any atom is -0.456 e. The van der Waals surface area contributed by atoms with Gasteiger partial charge in [-0.25, -0.2) is 0 Å². The third-order valence-electron chi connectivity index (χ3n) is 11.9. The number of furan rings is 1. The lowest BCUT2D eigenvalue weighted by Crippen LogP contribution is -2.11. The Balaban J connectivity index is 1.13. The quantitative estimate of drug-likeness (QED) is 0.169. The van der Waals surface area contributed by atoms with E-state index in [0.717, 1.165) is 40.8 Å². The van der Waals surface area contributed by atoms with Gasteiger partial charge in [-0.15, -0.1) is 0 Å². The van der Waals surface area contributed by atoms with Crippen molar-refractivity contribution >= 4 is 49.8 Å². The molecule has 0 bridgehead atoms. The Bertz CT molecular complexity index is 3050. The lowest BCUT2D eigenvalue weighted by atomic mass is 9.80. The number of nitrogens with zero attached hydrogens (tertiary/aromatic N) is 1. The summed E-state index contributed by atoms with van der Waals surface area (Å²) in [5, 5.41) is 4.79. The smallest absolute Gasteiger partial charge is 0.136 e. The second-order valence-corrected chi connectivity index (χ2v) is 15.1. The van der Waals surface area contributed by atoms with Crippen molar-refractivity contribution in [1.29, 1.82) is 0 Å². The van der Waals surface area contributed by atoms with Gasteiger partial charge in [-0.05, 0) is 105 Å². The summed E-state index contributed by atoms with van der Waals surface area (Å²) in [7, 11) is 0. The number of rotatable bonds is 6. The third kappa shape index (κ3) is 5.64. The van der Waals surface area contributed by atoms with Gasteiger partial charge in [-0.1, -0.05) is 164 Å². The monoisotopic (exact) mass is 729 g/mol. The Kier molecular flexibility index (Phi) is 8.07. The molecular formula is C55H39NO. The van der Waals surface area contributed by atoms with E-state index in [0.29, 0.717) is 0 Å². The molecule has 11 rings (SSSR count). The van der Waals surface area contributed by atoms with Gasteiger partial charge in [-0.2, -0.15) is 0 Å². The molecule has 0 amide bonds. The standard InChI is InChI=1S/C55H39NO/c1-4-16-38(17-5-1)46-26-15-27-47-44(39-30-33-43(34-31-39)56(42-22-8-3-9-23-42)49-28-14-21-37-18-10-11-24-45(37)49)35-32-41-36-51-55(48-25-12-13-29-50(48)57-51)52(53(41)54(46)47)40-19-6-2-7-20-40/h1-31,33-34,36,44H,32,35H2. The largest absolute Gasteiger partial charge is 0.456 e. The molecule has 1 atom stereocenters. The molecule has 1 aliphatic carbocycles. The van der Waals surface area contributed by atoms with Crippen molar-refractivity contribution in [3.05, 3.63) is 223 Å². The van der Waals surface area contributed by atoms with Gasteiger partial charge in [0.1, 0.15) is 11.2 Å². The maximum absolute atomic E-state index is 6.67. The van der Waals surface area contributed by atoms with Crippen LogP contribution in [0.5, 0.6) is 0 Å². The van der Waals surface area contributed by atoms with Gasteiger partial charge in [0.25, 0.3) is 0 Å². The molecule has 0 N–H and O–H groups in total. The zero-order valence-corrected chi connectivity index (χ0v) is 31.5. The van der Waals surface area contributed by atoms with Crippen LogP contribution < -0.4 is 4.90 Å². The highest BCUT2D eigenvalue weighted by Gasteiger charge is 2.31. The second kappa shape index (κ2) is 13.8. The molecule has 0 saturated carbocycles. The predicted octanol–water partition coefficient (Wildman–Crippen LogP) is 15.3. The maximum Gasteiger partial charge on any atom is 0.136 e. The molecule has 1 heterocycles. The summed E-state index contributed by atoms with van der Waals surface area (Å²) in [6, 6.07) is 75.0. The summed E-state index contributed by atoms with van der Waals surface area (Å²) in [6.45, 7) is 0. The molecule has 0 saturated heterocycles. The summed E-state index contributed by atoms with van der Waals surface area (Å²) in [6.07, 6.45) is 1.90. The number of benzene rings is 9. The van der Waals surface area contributed by atoms with Crippen LogP contribution in [0, 0.1) is 0 Å². The van der Waals surface area contributed by atoms with Crippen LogP contribution >= 0.6 is 0 Å². The van der Waals surface area contributed by atoms with Crippen molar-refractivity contribution < 1.29 is 4.42 Å². The molecule has 0 fully saturated rings. The lowest BCUT2D eigenvalue weighted by Gasteiger charge is -2.28. The first-order chi connectivity index (χ1) is 28.3. The Labute approximate surface area is 332 Å². The summed E-state index contributed by atoms with van der Waals surface area (Å²) >= 11 is 0. The highest BCUT2D eigenvalue weighted by Crippen LogP contribution is 2.53. The topological polar surface area (TPSA) is 16.4 Å². The minimum absolute atomic E-state index is 0.180. The summed E-state index contributed by atoms with van der Waals surface area (Å²) in [4.78, 5) is 2.39. The zero-order valence-electron chi connectivity index (χ0n) is 31.5. The minimum atomic E-state index is 0.180. The first-order valence-electron chi connectivity index (χ1n) is 19.9. The van der Waals surface area contributed by atoms with Crippen LogP contribution in [0.2, 0.25) is 0 Å². The van der Waals surface area contributed by atoms with E-state index < -0.39 is 0 Å². The molecule has 9 aromatic carbocycles. The number of hydrogen-bond acceptors (Lipinski definition) is 2. The van der Waals surface area contributed by atoms with Gasteiger partial charge >= 0.3 is 0 Å². The molecule has 2 nitrogen and oxygen atoms in total. The van der Waals surface area contributed by atoms with Gasteiger partial charge in [0.15, 0.2) is 0 Å². The average Bonchev–Trinajstić information content (AvgIpc) is 3.57. The maximum atomic E-state index is 6.67. The van der Waals surface area contributed by atoms with E-state index in [1.807, 2.05) is 0 Å². The Hall–Kier alpha value is -7.16. The van der Waals surface area contributed by atoms with Gasteiger partial charge in [0.05, 0.1) is 5.69 Å². The van der Waals surface area contributed by atoms with Gasteiger partial charge < -0.3 is 9.32 Å². The van der Waals surface area contributed by atoms with Gasteiger partial charge in [0.2, 0.25) is 0 Å². The number of anilines is 3. The molecule has 0 radical (unpaired) electrons. The van der Waals surface area contributed by atoms with E-state index in [1.165, 1.54) is 71.9 Å². The van der Waals surface area contributed by atoms with Crippen LogP contribution in [-0.4, -0.2) is 0 Å². The van der Waals surface area contributed by atoms with Gasteiger partial charge in [-0.3, -0.25) is 0 Å². The summed E-state index contributed by atoms with van der Waals surface area (Å²) < 4.78 is 6.67. The van der Waals surface area contributed by atoms with Crippen molar-refractivity contribution in [1.82, 2.24) is 0 Å². The average molecular weight is 730 g/mol. The van der Waals surface area contributed by atoms with Crippen molar-refractivity contribution in [2.45, 2.75) is 18.8 Å². The van der Waals surface area contributed by atoms with Crippen LogP contribution in [0.1, 0.15) is 29.0 Å². The van der Waals surface area contributed by atoms with Crippen molar-refractivity contribution in [3.63, 3.8) is 0 Å². The number of hydrogen-bond donors (Lipinski definition) is 0. The third-order valence-corrected chi connectivity index (χ3v) is 11.9. The molecule has 1 aliphatic rings. The van der Waals surface area contributed by atoms with Crippen molar-refractivity contribution in [3.8, 4) is 33.4 Å². The Morgan fingerprint density at radius 1 is 0.456 bits per heavy atom. The highest BCUT2D eigenvalue weighted by molar-refractivity contribution is 6.17. The second-order valence-electron chi connectivity index (χ2n) is 15.1. The van der Waals surface area contributed by atoms with E-state index in [-0.39, 0.29) is 5.92 Å².